The maximum absolute atomic E-state index is 11.3. The molecule has 0 spiro atoms. The van der Waals surface area contributed by atoms with Crippen LogP contribution in [0.2, 0.25) is 5.02 Å². The van der Waals surface area contributed by atoms with Crippen LogP contribution >= 0.6 is 11.6 Å². The Labute approximate surface area is 168 Å². The third kappa shape index (κ3) is 4.13. The van der Waals surface area contributed by atoms with Crippen LogP contribution < -0.4 is 4.72 Å². The molecule has 1 N–H and O–H groups in total. The van der Waals surface area contributed by atoms with Crippen LogP contribution in [0.15, 0.2) is 72.9 Å². The monoisotopic (exact) mass is 409 g/mol. The molecule has 1 aromatic heterocycles. The van der Waals surface area contributed by atoms with Crippen molar-refractivity contribution in [2.45, 2.75) is 0 Å². The van der Waals surface area contributed by atoms with Crippen LogP contribution in [0.3, 0.4) is 0 Å². The molecule has 0 saturated carbocycles. The minimum absolute atomic E-state index is 0.536. The first-order valence-electron chi connectivity index (χ1n) is 8.48. The highest BCUT2D eigenvalue weighted by molar-refractivity contribution is 7.92. The molecule has 0 aliphatic heterocycles. The lowest BCUT2D eigenvalue weighted by Gasteiger charge is -2.07. The average Bonchev–Trinajstić information content (AvgIpc) is 2.67. The molecule has 28 heavy (non-hydrogen) atoms. The molecule has 0 saturated heterocycles. The quantitative estimate of drug-likeness (QED) is 0.515. The summed E-state index contributed by atoms with van der Waals surface area (Å²) in [6.45, 7) is 0. The SMILES string of the molecule is CS(=O)(=O)Nc1ccc(-c2ccc(-c3cnc4cc(Cl)ccc4n3)cc2)cc1. The molecule has 140 valence electrons. The molecule has 1 heterocycles. The standard InChI is InChI=1S/C21H16ClN3O2S/c1-28(26,27)25-18-9-6-15(7-10-18)14-2-4-16(5-3-14)21-13-23-20-12-17(22)8-11-19(20)24-21/h2-13,25H,1H3. The number of benzene rings is 3. The fourth-order valence-electron chi connectivity index (χ4n) is 2.90. The van der Waals surface area contributed by atoms with Gasteiger partial charge in [0.05, 0.1) is 29.2 Å². The summed E-state index contributed by atoms with van der Waals surface area (Å²) in [5, 5.41) is 0.636. The molecule has 0 unspecified atom stereocenters. The molecule has 4 rings (SSSR count). The van der Waals surface area contributed by atoms with Gasteiger partial charge in [0, 0.05) is 16.3 Å². The Morgan fingerprint density at radius 3 is 2.07 bits per heavy atom. The van der Waals surface area contributed by atoms with Gasteiger partial charge in [0.1, 0.15) is 0 Å². The van der Waals surface area contributed by atoms with E-state index in [1.165, 1.54) is 0 Å². The third-order valence-electron chi connectivity index (χ3n) is 4.21. The molecule has 7 heteroatoms. The maximum atomic E-state index is 11.3. The summed E-state index contributed by atoms with van der Waals surface area (Å²) in [6, 6.07) is 20.7. The lowest BCUT2D eigenvalue weighted by Crippen LogP contribution is -2.09. The van der Waals surface area contributed by atoms with Crippen LogP contribution in [0.5, 0.6) is 0 Å². The molecule has 0 aliphatic rings. The van der Waals surface area contributed by atoms with Crippen LogP contribution in [0.4, 0.5) is 5.69 Å². The summed E-state index contributed by atoms with van der Waals surface area (Å²) >= 11 is 5.99. The Hall–Kier alpha value is -2.96. The number of hydrogen-bond acceptors (Lipinski definition) is 4. The van der Waals surface area contributed by atoms with E-state index in [0.717, 1.165) is 39.7 Å². The number of sulfonamides is 1. The molecular weight excluding hydrogens is 394 g/mol. The van der Waals surface area contributed by atoms with E-state index in [4.69, 9.17) is 11.6 Å². The van der Waals surface area contributed by atoms with E-state index in [-0.39, 0.29) is 0 Å². The summed E-state index contributed by atoms with van der Waals surface area (Å²) in [6.07, 6.45) is 2.86. The lowest BCUT2D eigenvalue weighted by molar-refractivity contribution is 0.607. The summed E-state index contributed by atoms with van der Waals surface area (Å²) in [7, 11) is -3.28. The first-order chi connectivity index (χ1) is 13.4. The van der Waals surface area contributed by atoms with Crippen molar-refractivity contribution >= 4 is 38.3 Å². The second kappa shape index (κ2) is 7.22. The van der Waals surface area contributed by atoms with Gasteiger partial charge in [0.15, 0.2) is 0 Å². The van der Waals surface area contributed by atoms with Crippen molar-refractivity contribution in [3.63, 3.8) is 0 Å². The number of halogens is 1. The summed E-state index contributed by atoms with van der Waals surface area (Å²) in [5.41, 5.74) is 5.85. The van der Waals surface area contributed by atoms with E-state index in [0.29, 0.717) is 10.7 Å². The van der Waals surface area contributed by atoms with E-state index in [1.54, 1.807) is 30.5 Å². The summed E-state index contributed by atoms with van der Waals surface area (Å²) in [4.78, 5) is 9.08. The zero-order valence-electron chi connectivity index (χ0n) is 14.9. The first kappa shape index (κ1) is 18.4. The topological polar surface area (TPSA) is 72.0 Å². The smallest absolute Gasteiger partial charge is 0.229 e. The molecule has 0 amide bonds. The van der Waals surface area contributed by atoms with E-state index in [2.05, 4.69) is 14.7 Å². The Morgan fingerprint density at radius 1 is 0.821 bits per heavy atom. The van der Waals surface area contributed by atoms with Gasteiger partial charge < -0.3 is 0 Å². The fourth-order valence-corrected chi connectivity index (χ4v) is 3.63. The zero-order chi connectivity index (χ0) is 19.7. The number of rotatable bonds is 4. The van der Waals surface area contributed by atoms with E-state index in [9.17, 15) is 8.42 Å². The van der Waals surface area contributed by atoms with Crippen LogP contribution in [-0.2, 0) is 10.0 Å². The van der Waals surface area contributed by atoms with Gasteiger partial charge in [-0.15, -0.1) is 0 Å². The van der Waals surface area contributed by atoms with Crippen molar-refractivity contribution in [2.24, 2.45) is 0 Å². The largest absolute Gasteiger partial charge is 0.284 e. The molecule has 0 bridgehead atoms. The Morgan fingerprint density at radius 2 is 1.43 bits per heavy atom. The second-order valence-corrected chi connectivity index (χ2v) is 8.60. The number of hydrogen-bond donors (Lipinski definition) is 1. The highest BCUT2D eigenvalue weighted by Gasteiger charge is 2.06. The highest BCUT2D eigenvalue weighted by atomic mass is 35.5. The zero-order valence-corrected chi connectivity index (χ0v) is 16.5. The normalized spacial score (nSPS) is 11.5. The summed E-state index contributed by atoms with van der Waals surface area (Å²) in [5.74, 6) is 0. The number of anilines is 1. The van der Waals surface area contributed by atoms with Crippen molar-refractivity contribution in [3.8, 4) is 22.4 Å². The van der Waals surface area contributed by atoms with Gasteiger partial charge in [-0.2, -0.15) is 0 Å². The Bertz CT molecular complexity index is 1260. The Kier molecular flexibility index (Phi) is 4.75. The van der Waals surface area contributed by atoms with Crippen LogP contribution in [-0.4, -0.2) is 24.6 Å². The molecule has 3 aromatic carbocycles. The van der Waals surface area contributed by atoms with Gasteiger partial charge in [-0.25, -0.2) is 13.4 Å². The number of aromatic nitrogens is 2. The van der Waals surface area contributed by atoms with E-state index in [1.807, 2.05) is 42.5 Å². The fraction of sp³-hybridized carbons (Fsp3) is 0.0476. The van der Waals surface area contributed by atoms with Crippen molar-refractivity contribution in [3.05, 3.63) is 77.9 Å². The first-order valence-corrected chi connectivity index (χ1v) is 10.8. The minimum atomic E-state index is -3.28. The van der Waals surface area contributed by atoms with Crippen molar-refractivity contribution in [1.82, 2.24) is 9.97 Å². The van der Waals surface area contributed by atoms with Crippen LogP contribution in [0.1, 0.15) is 0 Å². The van der Waals surface area contributed by atoms with Gasteiger partial charge >= 0.3 is 0 Å². The van der Waals surface area contributed by atoms with E-state index >= 15 is 0 Å². The van der Waals surface area contributed by atoms with Gasteiger partial charge in [0.2, 0.25) is 10.0 Å². The van der Waals surface area contributed by atoms with Gasteiger partial charge in [-0.3, -0.25) is 9.71 Å². The predicted molar refractivity (Wildman–Crippen MR) is 114 cm³/mol. The Balaban J connectivity index is 1.59. The second-order valence-electron chi connectivity index (χ2n) is 6.42. The minimum Gasteiger partial charge on any atom is -0.284 e. The van der Waals surface area contributed by atoms with Crippen LogP contribution in [0, 0.1) is 0 Å². The molecule has 0 fully saturated rings. The molecular formula is C21H16ClN3O2S. The maximum Gasteiger partial charge on any atom is 0.229 e. The van der Waals surface area contributed by atoms with Gasteiger partial charge in [-0.05, 0) is 41.5 Å². The van der Waals surface area contributed by atoms with Crippen molar-refractivity contribution in [1.29, 1.82) is 0 Å². The average molecular weight is 410 g/mol. The van der Waals surface area contributed by atoms with Crippen LogP contribution in [0.25, 0.3) is 33.4 Å². The summed E-state index contributed by atoms with van der Waals surface area (Å²) < 4.78 is 25.1. The van der Waals surface area contributed by atoms with E-state index < -0.39 is 10.0 Å². The predicted octanol–water partition coefficient (Wildman–Crippen LogP) is 4.99. The molecule has 5 nitrogen and oxygen atoms in total. The van der Waals surface area contributed by atoms with Crippen molar-refractivity contribution in [2.75, 3.05) is 11.0 Å². The number of fused-ring (bicyclic) bond motifs is 1. The number of nitrogens with one attached hydrogen (secondary N) is 1. The molecule has 4 aromatic rings. The highest BCUT2D eigenvalue weighted by Crippen LogP contribution is 2.26. The molecule has 0 radical (unpaired) electrons. The van der Waals surface area contributed by atoms with Crippen molar-refractivity contribution < 1.29 is 8.42 Å². The number of nitrogens with zero attached hydrogens (tertiary/aromatic N) is 2. The third-order valence-corrected chi connectivity index (χ3v) is 5.05. The molecule has 0 aliphatic carbocycles. The van der Waals surface area contributed by atoms with Gasteiger partial charge in [0.25, 0.3) is 0 Å². The molecule has 0 atom stereocenters. The van der Waals surface area contributed by atoms with Gasteiger partial charge in [-0.1, -0.05) is 48.0 Å². The lowest BCUT2D eigenvalue weighted by atomic mass is 10.0.